The summed E-state index contributed by atoms with van der Waals surface area (Å²) >= 11 is 0. The normalized spacial score (nSPS) is 18.3. The number of benzene rings is 1. The van der Waals surface area contributed by atoms with Crippen LogP contribution in [0.3, 0.4) is 0 Å². The van der Waals surface area contributed by atoms with Crippen molar-refractivity contribution in [1.82, 2.24) is 20.0 Å². The molecule has 0 spiro atoms. The van der Waals surface area contributed by atoms with E-state index in [0.717, 1.165) is 24.5 Å². The van der Waals surface area contributed by atoms with E-state index < -0.39 is 5.82 Å². The van der Waals surface area contributed by atoms with Crippen LogP contribution in [-0.2, 0) is 0 Å². The zero-order valence-electron chi connectivity index (χ0n) is 13.6. The molecule has 1 saturated heterocycles. The van der Waals surface area contributed by atoms with Crippen LogP contribution in [0.15, 0.2) is 24.3 Å². The van der Waals surface area contributed by atoms with E-state index in [1.54, 1.807) is 21.7 Å². The lowest BCUT2D eigenvalue weighted by Crippen LogP contribution is -2.52. The SMILES string of the molecule is Cc1cc(C)n(-c2ccc(C(=O)N3CCNC[C@@H]3C)cc2F)n1. The minimum Gasteiger partial charge on any atom is -0.333 e. The monoisotopic (exact) mass is 316 g/mol. The maximum absolute atomic E-state index is 14.5. The standard InChI is InChI=1S/C17H21FN4O/c1-11-8-12(2)22(20-11)16-5-4-14(9-15(16)18)17(23)21-7-6-19-10-13(21)3/h4-5,8-9,13,19H,6-7,10H2,1-3H3/t13-/m0/s1. The predicted molar refractivity (Wildman–Crippen MR) is 86.4 cm³/mol. The number of nitrogens with zero attached hydrogens (tertiary/aromatic N) is 3. The predicted octanol–water partition coefficient (Wildman–Crippen LogP) is 2.06. The summed E-state index contributed by atoms with van der Waals surface area (Å²) < 4.78 is 16.1. The molecule has 1 aromatic carbocycles. The molecule has 5 nitrogen and oxygen atoms in total. The van der Waals surface area contributed by atoms with Gasteiger partial charge in [-0.2, -0.15) is 5.10 Å². The quantitative estimate of drug-likeness (QED) is 0.923. The lowest BCUT2D eigenvalue weighted by atomic mass is 10.1. The smallest absolute Gasteiger partial charge is 0.254 e. The van der Waals surface area contributed by atoms with Crippen LogP contribution in [0.5, 0.6) is 0 Å². The molecule has 1 amide bonds. The highest BCUT2D eigenvalue weighted by Gasteiger charge is 2.24. The van der Waals surface area contributed by atoms with Crippen molar-refractivity contribution >= 4 is 5.91 Å². The van der Waals surface area contributed by atoms with Crippen LogP contribution < -0.4 is 5.32 Å². The van der Waals surface area contributed by atoms with Gasteiger partial charge < -0.3 is 10.2 Å². The van der Waals surface area contributed by atoms with Crippen molar-refractivity contribution in [3.8, 4) is 5.69 Å². The van der Waals surface area contributed by atoms with E-state index in [4.69, 9.17) is 0 Å². The Labute approximate surface area is 135 Å². The van der Waals surface area contributed by atoms with Gasteiger partial charge in [-0.3, -0.25) is 4.79 Å². The largest absolute Gasteiger partial charge is 0.333 e. The van der Waals surface area contributed by atoms with Crippen LogP contribution in [0, 0.1) is 19.7 Å². The minimum atomic E-state index is -0.440. The summed E-state index contributed by atoms with van der Waals surface area (Å²) in [6.45, 7) is 7.90. The van der Waals surface area contributed by atoms with Crippen LogP contribution >= 0.6 is 0 Å². The molecule has 1 aliphatic rings. The molecule has 23 heavy (non-hydrogen) atoms. The van der Waals surface area contributed by atoms with Crippen LogP contribution in [0.25, 0.3) is 5.69 Å². The lowest BCUT2D eigenvalue weighted by Gasteiger charge is -2.34. The number of piperazine rings is 1. The Kier molecular flexibility index (Phi) is 4.17. The van der Waals surface area contributed by atoms with Gasteiger partial charge in [0.15, 0.2) is 0 Å². The fourth-order valence-electron chi connectivity index (χ4n) is 2.99. The molecule has 2 heterocycles. The van der Waals surface area contributed by atoms with Crippen LogP contribution in [0.1, 0.15) is 28.7 Å². The van der Waals surface area contributed by atoms with Crippen molar-refractivity contribution in [3.05, 3.63) is 47.0 Å². The van der Waals surface area contributed by atoms with Gasteiger partial charge in [0.25, 0.3) is 5.91 Å². The lowest BCUT2D eigenvalue weighted by molar-refractivity contribution is 0.0655. The van der Waals surface area contributed by atoms with Crippen LogP contribution in [0.2, 0.25) is 0 Å². The van der Waals surface area contributed by atoms with E-state index >= 15 is 0 Å². The second kappa shape index (κ2) is 6.12. The second-order valence-electron chi connectivity index (χ2n) is 6.06. The Hall–Kier alpha value is -2.21. The molecule has 0 saturated carbocycles. The molecule has 2 aromatic rings. The third-order valence-corrected chi connectivity index (χ3v) is 4.19. The Balaban J connectivity index is 1.90. The second-order valence-corrected chi connectivity index (χ2v) is 6.06. The van der Waals surface area contributed by atoms with Crippen molar-refractivity contribution in [1.29, 1.82) is 0 Å². The molecule has 1 atom stereocenters. The van der Waals surface area contributed by atoms with Crippen molar-refractivity contribution in [2.45, 2.75) is 26.8 Å². The Bertz CT molecular complexity index is 740. The maximum atomic E-state index is 14.5. The van der Waals surface area contributed by atoms with E-state index in [1.807, 2.05) is 26.8 Å². The molecule has 6 heteroatoms. The highest BCUT2D eigenvalue weighted by molar-refractivity contribution is 5.94. The van der Waals surface area contributed by atoms with Crippen LogP contribution in [0.4, 0.5) is 4.39 Å². The summed E-state index contributed by atoms with van der Waals surface area (Å²) in [5, 5.41) is 7.53. The Morgan fingerprint density at radius 3 is 2.74 bits per heavy atom. The fraction of sp³-hybridized carbons (Fsp3) is 0.412. The molecule has 1 fully saturated rings. The number of halogens is 1. The number of amides is 1. The van der Waals surface area contributed by atoms with Crippen molar-refractivity contribution < 1.29 is 9.18 Å². The van der Waals surface area contributed by atoms with Gasteiger partial charge in [0.05, 0.1) is 5.69 Å². The number of hydrogen-bond donors (Lipinski definition) is 1. The summed E-state index contributed by atoms with van der Waals surface area (Å²) in [7, 11) is 0. The molecule has 1 N–H and O–H groups in total. The molecule has 0 unspecified atom stereocenters. The average molecular weight is 316 g/mol. The molecule has 122 valence electrons. The van der Waals surface area contributed by atoms with E-state index in [9.17, 15) is 9.18 Å². The van der Waals surface area contributed by atoms with Crippen molar-refractivity contribution in [3.63, 3.8) is 0 Å². The molecule has 3 rings (SSSR count). The first-order valence-corrected chi connectivity index (χ1v) is 7.82. The molecule has 1 aromatic heterocycles. The molecule has 0 bridgehead atoms. The summed E-state index contributed by atoms with van der Waals surface area (Å²) in [6.07, 6.45) is 0. The minimum absolute atomic E-state index is 0.106. The summed E-state index contributed by atoms with van der Waals surface area (Å²) in [5.74, 6) is -0.567. The fourth-order valence-corrected chi connectivity index (χ4v) is 2.99. The molecule has 0 aliphatic carbocycles. The number of carbonyl (C=O) groups excluding carboxylic acids is 1. The number of aromatic nitrogens is 2. The number of nitrogens with one attached hydrogen (secondary N) is 1. The number of hydrogen-bond acceptors (Lipinski definition) is 3. The maximum Gasteiger partial charge on any atom is 0.254 e. The first kappa shape index (κ1) is 15.7. The molecular formula is C17H21FN4O. The third kappa shape index (κ3) is 2.99. The Morgan fingerprint density at radius 1 is 1.35 bits per heavy atom. The number of aryl methyl sites for hydroxylation is 2. The van der Waals surface area contributed by atoms with Gasteiger partial charge in [-0.25, -0.2) is 9.07 Å². The highest BCUT2D eigenvalue weighted by atomic mass is 19.1. The van der Waals surface area contributed by atoms with Gasteiger partial charge >= 0.3 is 0 Å². The summed E-state index contributed by atoms with van der Waals surface area (Å²) in [5.41, 5.74) is 2.43. The number of carbonyl (C=O) groups is 1. The van der Waals surface area contributed by atoms with Gasteiger partial charge in [-0.15, -0.1) is 0 Å². The van der Waals surface area contributed by atoms with E-state index in [-0.39, 0.29) is 11.9 Å². The summed E-state index contributed by atoms with van der Waals surface area (Å²) in [6, 6.07) is 6.60. The first-order valence-electron chi connectivity index (χ1n) is 7.82. The topological polar surface area (TPSA) is 50.2 Å². The van der Waals surface area contributed by atoms with Crippen molar-refractivity contribution in [2.75, 3.05) is 19.6 Å². The van der Waals surface area contributed by atoms with Gasteiger partial charge in [0, 0.05) is 36.9 Å². The number of rotatable bonds is 2. The van der Waals surface area contributed by atoms with Crippen molar-refractivity contribution in [2.24, 2.45) is 0 Å². The molecular weight excluding hydrogens is 295 g/mol. The van der Waals surface area contributed by atoms with Gasteiger partial charge in [-0.05, 0) is 45.0 Å². The van der Waals surface area contributed by atoms with Gasteiger partial charge in [-0.1, -0.05) is 0 Å². The van der Waals surface area contributed by atoms with E-state index in [1.165, 1.54) is 6.07 Å². The average Bonchev–Trinajstić information content (AvgIpc) is 2.85. The zero-order chi connectivity index (χ0) is 16.6. The van der Waals surface area contributed by atoms with Crippen LogP contribution in [-0.4, -0.2) is 46.3 Å². The first-order chi connectivity index (χ1) is 11.0. The molecule has 1 aliphatic heterocycles. The van der Waals surface area contributed by atoms with E-state index in [0.29, 0.717) is 17.8 Å². The van der Waals surface area contributed by atoms with Gasteiger partial charge in [0.1, 0.15) is 11.5 Å². The third-order valence-electron chi connectivity index (χ3n) is 4.19. The molecule has 0 radical (unpaired) electrons. The van der Waals surface area contributed by atoms with Gasteiger partial charge in [0.2, 0.25) is 0 Å². The Morgan fingerprint density at radius 2 is 2.13 bits per heavy atom. The van der Waals surface area contributed by atoms with E-state index in [2.05, 4.69) is 10.4 Å². The zero-order valence-corrected chi connectivity index (χ0v) is 13.6. The highest BCUT2D eigenvalue weighted by Crippen LogP contribution is 2.19. The summed E-state index contributed by atoms with van der Waals surface area (Å²) in [4.78, 5) is 14.4.